The molecule has 10 heteroatoms. The molecule has 0 radical (unpaired) electrons. The number of alkyl halides is 6. The monoisotopic (exact) mass is 394 g/mol. The van der Waals surface area contributed by atoms with Gasteiger partial charge >= 0.3 is 12.4 Å². The number of aromatic nitrogens is 2. The van der Waals surface area contributed by atoms with Gasteiger partial charge in [0.15, 0.2) is 0 Å². The third kappa shape index (κ3) is 4.55. The highest BCUT2D eigenvalue weighted by molar-refractivity contribution is 5.80. The number of imidazole rings is 1. The topological polar surface area (TPSA) is 57.9 Å². The van der Waals surface area contributed by atoms with Crippen LogP contribution in [0.1, 0.15) is 29.8 Å². The Labute approximate surface area is 151 Å². The molecule has 3 rings (SSSR count). The predicted octanol–water partition coefficient (Wildman–Crippen LogP) is 3.81. The summed E-state index contributed by atoms with van der Waals surface area (Å²) in [6.07, 6.45) is -7.45. The van der Waals surface area contributed by atoms with Crippen LogP contribution in [0.4, 0.5) is 26.3 Å². The zero-order chi connectivity index (χ0) is 19.8. The standard InChI is InChI=1S/C17H20F6N4/c18-16(19,20)11-6-12(17(21,22)23)15-13(7-11)25-14(26-15)5-10-8-27(9-10)4-2-1-3-24/h6-7,10H,1-5,8-9,24H2,(H,25,26). The second-order valence-corrected chi connectivity index (χ2v) is 6.92. The Bertz CT molecular complexity index is 789. The van der Waals surface area contributed by atoms with E-state index in [2.05, 4.69) is 14.9 Å². The minimum absolute atomic E-state index is 0.121. The Hall–Kier alpha value is -1.81. The van der Waals surface area contributed by atoms with E-state index in [1.54, 1.807) is 0 Å². The lowest BCUT2D eigenvalue weighted by molar-refractivity contribution is -0.142. The molecule has 0 bridgehead atoms. The zero-order valence-electron chi connectivity index (χ0n) is 14.4. The lowest BCUT2D eigenvalue weighted by Gasteiger charge is -2.39. The van der Waals surface area contributed by atoms with Crippen molar-refractivity contribution in [3.63, 3.8) is 0 Å². The lowest BCUT2D eigenvalue weighted by Crippen LogP contribution is -2.48. The molecule has 1 saturated heterocycles. The smallest absolute Gasteiger partial charge is 0.342 e. The molecular weight excluding hydrogens is 374 g/mol. The van der Waals surface area contributed by atoms with Gasteiger partial charge in [-0.2, -0.15) is 26.3 Å². The van der Waals surface area contributed by atoms with Crippen molar-refractivity contribution < 1.29 is 26.3 Å². The van der Waals surface area contributed by atoms with E-state index in [0.29, 0.717) is 19.0 Å². The number of fused-ring (bicyclic) bond motifs is 1. The third-order valence-electron chi connectivity index (χ3n) is 4.71. The van der Waals surface area contributed by atoms with Crippen LogP contribution >= 0.6 is 0 Å². The first-order valence-corrected chi connectivity index (χ1v) is 8.67. The maximum Gasteiger partial charge on any atom is 0.418 e. The Balaban J connectivity index is 1.77. The van der Waals surface area contributed by atoms with Crippen LogP contribution in [0.3, 0.4) is 0 Å². The zero-order valence-corrected chi connectivity index (χ0v) is 14.4. The number of nitrogens with two attached hydrogens (primary N) is 1. The molecule has 0 unspecified atom stereocenters. The molecule has 0 atom stereocenters. The number of likely N-dealkylation sites (tertiary alicyclic amines) is 1. The molecule has 0 saturated carbocycles. The van der Waals surface area contributed by atoms with E-state index in [1.807, 2.05) is 0 Å². The highest BCUT2D eigenvalue weighted by atomic mass is 19.4. The van der Waals surface area contributed by atoms with Crippen LogP contribution in [-0.2, 0) is 18.8 Å². The van der Waals surface area contributed by atoms with Crippen molar-refractivity contribution in [3.05, 3.63) is 29.1 Å². The maximum atomic E-state index is 13.2. The quantitative estimate of drug-likeness (QED) is 0.579. The lowest BCUT2D eigenvalue weighted by atomic mass is 9.96. The summed E-state index contributed by atoms with van der Waals surface area (Å²) in [6.45, 7) is 3.14. The predicted molar refractivity (Wildman–Crippen MR) is 88.0 cm³/mol. The van der Waals surface area contributed by atoms with Crippen molar-refractivity contribution in [1.82, 2.24) is 14.9 Å². The fourth-order valence-electron chi connectivity index (χ4n) is 3.39. The van der Waals surface area contributed by atoms with Gasteiger partial charge in [0, 0.05) is 19.5 Å². The minimum atomic E-state index is -4.91. The van der Waals surface area contributed by atoms with E-state index in [1.165, 1.54) is 0 Å². The number of aromatic amines is 1. The van der Waals surface area contributed by atoms with E-state index in [-0.39, 0.29) is 23.3 Å². The largest absolute Gasteiger partial charge is 0.418 e. The van der Waals surface area contributed by atoms with Gasteiger partial charge in [-0.15, -0.1) is 0 Å². The molecule has 1 aromatic carbocycles. The van der Waals surface area contributed by atoms with Gasteiger partial charge in [0.1, 0.15) is 11.3 Å². The summed E-state index contributed by atoms with van der Waals surface area (Å²) in [6, 6.07) is 0.802. The Morgan fingerprint density at radius 3 is 2.37 bits per heavy atom. The fraction of sp³-hybridized carbons (Fsp3) is 0.588. The first-order chi connectivity index (χ1) is 12.6. The summed E-state index contributed by atoms with van der Waals surface area (Å²) in [4.78, 5) is 8.80. The van der Waals surface area contributed by atoms with Gasteiger partial charge < -0.3 is 15.6 Å². The molecule has 0 spiro atoms. The molecule has 3 N–H and O–H groups in total. The number of hydrogen-bond donors (Lipinski definition) is 2. The van der Waals surface area contributed by atoms with Crippen LogP contribution in [0.5, 0.6) is 0 Å². The molecule has 0 aliphatic carbocycles. The number of nitrogens with zero attached hydrogens (tertiary/aromatic N) is 2. The summed E-state index contributed by atoms with van der Waals surface area (Å²) in [5.74, 6) is 0.501. The van der Waals surface area contributed by atoms with Gasteiger partial charge in [-0.1, -0.05) is 0 Å². The Morgan fingerprint density at radius 1 is 1.07 bits per heavy atom. The van der Waals surface area contributed by atoms with Crippen LogP contribution in [0.25, 0.3) is 11.0 Å². The van der Waals surface area contributed by atoms with Crippen molar-refractivity contribution in [1.29, 1.82) is 0 Å². The number of unbranched alkanes of at least 4 members (excludes halogenated alkanes) is 1. The molecule has 1 aromatic heterocycles. The summed E-state index contributed by atoms with van der Waals surface area (Å²) < 4.78 is 78.4. The molecule has 1 aliphatic heterocycles. The Morgan fingerprint density at radius 2 is 1.78 bits per heavy atom. The van der Waals surface area contributed by atoms with Crippen LogP contribution in [0.15, 0.2) is 12.1 Å². The van der Waals surface area contributed by atoms with Gasteiger partial charge in [0.25, 0.3) is 0 Å². The summed E-state index contributed by atoms with van der Waals surface area (Å²) in [7, 11) is 0. The molecule has 1 fully saturated rings. The van der Waals surface area contributed by atoms with Crippen LogP contribution in [0.2, 0.25) is 0 Å². The van der Waals surface area contributed by atoms with Gasteiger partial charge in [-0.05, 0) is 44.0 Å². The SMILES string of the molecule is NCCCCN1CC(Cc2nc3c(C(F)(F)F)cc(C(F)(F)F)cc3[nH]2)C1. The van der Waals surface area contributed by atoms with E-state index in [4.69, 9.17) is 5.73 Å². The average molecular weight is 394 g/mol. The molecule has 4 nitrogen and oxygen atoms in total. The van der Waals surface area contributed by atoms with Crippen LogP contribution in [0, 0.1) is 5.92 Å². The first-order valence-electron chi connectivity index (χ1n) is 8.67. The number of benzene rings is 1. The van der Waals surface area contributed by atoms with Crippen LogP contribution in [-0.4, -0.2) is 41.0 Å². The number of H-pyrrole nitrogens is 1. The minimum Gasteiger partial charge on any atom is -0.342 e. The van der Waals surface area contributed by atoms with E-state index in [9.17, 15) is 26.3 Å². The highest BCUT2D eigenvalue weighted by Crippen LogP contribution is 2.39. The summed E-state index contributed by atoms with van der Waals surface area (Å²) >= 11 is 0. The highest BCUT2D eigenvalue weighted by Gasteiger charge is 2.39. The Kier molecular flexibility index (Phi) is 5.40. The molecular formula is C17H20F6N4. The number of nitrogens with one attached hydrogen (secondary N) is 1. The molecule has 0 amide bonds. The van der Waals surface area contributed by atoms with Crippen LogP contribution < -0.4 is 5.73 Å². The van der Waals surface area contributed by atoms with Gasteiger partial charge in [-0.25, -0.2) is 4.98 Å². The number of rotatable bonds is 6. The van der Waals surface area contributed by atoms with Crippen molar-refractivity contribution in [3.8, 4) is 0 Å². The van der Waals surface area contributed by atoms with Crippen molar-refractivity contribution in [2.75, 3.05) is 26.2 Å². The second kappa shape index (κ2) is 7.31. The fourth-order valence-corrected chi connectivity index (χ4v) is 3.39. The van der Waals surface area contributed by atoms with E-state index >= 15 is 0 Å². The summed E-state index contributed by atoms with van der Waals surface area (Å²) in [5, 5.41) is 0. The van der Waals surface area contributed by atoms with E-state index in [0.717, 1.165) is 32.5 Å². The van der Waals surface area contributed by atoms with Crippen molar-refractivity contribution >= 4 is 11.0 Å². The summed E-state index contributed by atoms with van der Waals surface area (Å²) in [5.41, 5.74) is 2.02. The van der Waals surface area contributed by atoms with Crippen molar-refractivity contribution in [2.45, 2.75) is 31.6 Å². The van der Waals surface area contributed by atoms with Gasteiger partial charge in [0.05, 0.1) is 16.6 Å². The molecule has 27 heavy (non-hydrogen) atoms. The third-order valence-corrected chi connectivity index (χ3v) is 4.71. The molecule has 2 heterocycles. The molecule has 2 aromatic rings. The number of hydrogen-bond acceptors (Lipinski definition) is 3. The molecule has 150 valence electrons. The van der Waals surface area contributed by atoms with Gasteiger partial charge in [0.2, 0.25) is 0 Å². The normalized spacial score (nSPS) is 16.9. The maximum absolute atomic E-state index is 13.2. The van der Waals surface area contributed by atoms with Gasteiger partial charge in [-0.3, -0.25) is 0 Å². The second-order valence-electron chi connectivity index (χ2n) is 6.92. The van der Waals surface area contributed by atoms with E-state index < -0.39 is 29.0 Å². The number of halogens is 6. The average Bonchev–Trinajstić information content (AvgIpc) is 2.91. The van der Waals surface area contributed by atoms with Crippen molar-refractivity contribution in [2.24, 2.45) is 11.7 Å². The first kappa shape index (κ1) is 19.9. The molecule has 1 aliphatic rings.